The molecule has 4 nitrogen and oxygen atoms in total. The zero-order valence-corrected chi connectivity index (χ0v) is 14.4. The van der Waals surface area contributed by atoms with Gasteiger partial charge in [0, 0.05) is 17.6 Å². The maximum absolute atomic E-state index is 13.7. The first-order valence-electron chi connectivity index (χ1n) is 7.35. The van der Waals surface area contributed by atoms with E-state index in [9.17, 15) is 14.0 Å². The zero-order chi connectivity index (χ0) is 17.9. The van der Waals surface area contributed by atoms with Gasteiger partial charge in [0.25, 0.3) is 0 Å². The Kier molecular flexibility index (Phi) is 5.24. The molecule has 0 saturated heterocycles. The summed E-state index contributed by atoms with van der Waals surface area (Å²) in [6, 6.07) is 11.0. The van der Waals surface area contributed by atoms with Crippen LogP contribution < -0.4 is 10.6 Å². The summed E-state index contributed by atoms with van der Waals surface area (Å²) < 4.78 is 13.7. The number of amides is 2. The summed E-state index contributed by atoms with van der Waals surface area (Å²) in [4.78, 5) is 23.7. The maximum atomic E-state index is 13.7. The number of anilines is 2. The highest BCUT2D eigenvalue weighted by molar-refractivity contribution is 6.30. The van der Waals surface area contributed by atoms with Gasteiger partial charge in [0.2, 0.25) is 11.8 Å². The van der Waals surface area contributed by atoms with Gasteiger partial charge >= 0.3 is 0 Å². The fourth-order valence-electron chi connectivity index (χ4n) is 2.17. The van der Waals surface area contributed by atoms with Crippen molar-refractivity contribution in [2.24, 2.45) is 0 Å². The second kappa shape index (κ2) is 7.01. The highest BCUT2D eigenvalue weighted by atomic mass is 35.5. The Hall–Kier alpha value is -2.40. The molecule has 0 aromatic heterocycles. The highest BCUT2D eigenvalue weighted by Crippen LogP contribution is 2.27. The average Bonchev–Trinajstić information content (AvgIpc) is 2.50. The van der Waals surface area contributed by atoms with Crippen molar-refractivity contribution in [2.75, 3.05) is 10.6 Å². The van der Waals surface area contributed by atoms with E-state index in [1.165, 1.54) is 25.1 Å². The molecule has 2 N–H and O–H groups in total. The molecule has 0 aliphatic rings. The minimum absolute atomic E-state index is 0.0181. The van der Waals surface area contributed by atoms with Crippen LogP contribution in [0.3, 0.4) is 0 Å². The molecule has 0 aliphatic heterocycles. The quantitative estimate of drug-likeness (QED) is 0.862. The summed E-state index contributed by atoms with van der Waals surface area (Å²) >= 11 is 5.87. The third kappa shape index (κ3) is 4.11. The van der Waals surface area contributed by atoms with E-state index in [-0.39, 0.29) is 17.5 Å². The molecule has 0 atom stereocenters. The van der Waals surface area contributed by atoms with Crippen molar-refractivity contribution >= 4 is 34.8 Å². The Morgan fingerprint density at radius 1 is 1.04 bits per heavy atom. The number of hydrogen-bond acceptors (Lipinski definition) is 2. The Morgan fingerprint density at radius 2 is 1.67 bits per heavy atom. The van der Waals surface area contributed by atoms with Crippen molar-refractivity contribution in [3.05, 3.63) is 58.9 Å². The summed E-state index contributed by atoms with van der Waals surface area (Å²) in [5.41, 5.74) is 0.401. The standard InChI is InChI=1S/C18H18ClFN2O2/c1-11(23)21-16-10-14(8-9-15(16)20)22-17(24)18(2,3)12-4-6-13(19)7-5-12/h4-10H,1-3H3,(H,21,23)(H,22,24). The molecule has 2 rings (SSSR count). The number of hydrogen-bond donors (Lipinski definition) is 2. The van der Waals surface area contributed by atoms with E-state index in [0.29, 0.717) is 10.7 Å². The van der Waals surface area contributed by atoms with E-state index in [4.69, 9.17) is 11.6 Å². The van der Waals surface area contributed by atoms with E-state index < -0.39 is 11.2 Å². The number of halogens is 2. The third-order valence-corrected chi connectivity index (χ3v) is 3.92. The monoisotopic (exact) mass is 348 g/mol. The van der Waals surface area contributed by atoms with Gasteiger partial charge in [-0.3, -0.25) is 9.59 Å². The molecule has 0 radical (unpaired) electrons. The summed E-state index contributed by atoms with van der Waals surface area (Å²) in [5.74, 6) is -1.22. The molecule has 126 valence electrons. The van der Waals surface area contributed by atoms with Crippen LogP contribution in [-0.4, -0.2) is 11.8 Å². The van der Waals surface area contributed by atoms with Crippen LogP contribution in [0.2, 0.25) is 5.02 Å². The first kappa shape index (κ1) is 17.9. The first-order chi connectivity index (χ1) is 11.2. The van der Waals surface area contributed by atoms with Crippen molar-refractivity contribution in [3.63, 3.8) is 0 Å². The summed E-state index contributed by atoms with van der Waals surface area (Å²) in [6.45, 7) is 4.85. The normalized spacial score (nSPS) is 11.0. The lowest BCUT2D eigenvalue weighted by Gasteiger charge is -2.24. The van der Waals surface area contributed by atoms with Gasteiger partial charge < -0.3 is 10.6 Å². The molecular weight excluding hydrogens is 331 g/mol. The molecule has 0 spiro atoms. The first-order valence-corrected chi connectivity index (χ1v) is 7.72. The SMILES string of the molecule is CC(=O)Nc1cc(NC(=O)C(C)(C)c2ccc(Cl)cc2)ccc1F. The molecule has 2 aromatic rings. The molecule has 0 unspecified atom stereocenters. The highest BCUT2D eigenvalue weighted by Gasteiger charge is 2.29. The zero-order valence-electron chi connectivity index (χ0n) is 13.6. The molecule has 24 heavy (non-hydrogen) atoms. The number of benzene rings is 2. The number of rotatable bonds is 4. The largest absolute Gasteiger partial charge is 0.325 e. The smallest absolute Gasteiger partial charge is 0.234 e. The van der Waals surface area contributed by atoms with E-state index in [0.717, 1.165) is 5.56 Å². The minimum atomic E-state index is -0.812. The van der Waals surface area contributed by atoms with Crippen LogP contribution >= 0.6 is 11.6 Å². The lowest BCUT2D eigenvalue weighted by atomic mass is 9.83. The van der Waals surface area contributed by atoms with Gasteiger partial charge in [0.15, 0.2) is 0 Å². The van der Waals surface area contributed by atoms with Crippen molar-refractivity contribution in [2.45, 2.75) is 26.2 Å². The molecule has 0 bridgehead atoms. The molecule has 0 heterocycles. The van der Waals surface area contributed by atoms with E-state index in [2.05, 4.69) is 10.6 Å². The summed E-state index contributed by atoms with van der Waals surface area (Å²) in [6.07, 6.45) is 0. The van der Waals surface area contributed by atoms with Crippen LogP contribution in [0.1, 0.15) is 26.3 Å². The van der Waals surface area contributed by atoms with Crippen LogP contribution in [0.5, 0.6) is 0 Å². The van der Waals surface area contributed by atoms with Gasteiger partial charge in [-0.1, -0.05) is 23.7 Å². The van der Waals surface area contributed by atoms with Crippen molar-refractivity contribution in [3.8, 4) is 0 Å². The third-order valence-electron chi connectivity index (χ3n) is 3.67. The lowest BCUT2D eigenvalue weighted by molar-refractivity contribution is -0.120. The molecule has 2 amide bonds. The fraction of sp³-hybridized carbons (Fsp3) is 0.222. The second-order valence-corrected chi connectivity index (χ2v) is 6.40. The maximum Gasteiger partial charge on any atom is 0.234 e. The molecule has 0 aliphatic carbocycles. The van der Waals surface area contributed by atoms with Gasteiger partial charge in [-0.2, -0.15) is 0 Å². The second-order valence-electron chi connectivity index (χ2n) is 5.96. The predicted octanol–water partition coefficient (Wildman–Crippen LogP) is 4.35. The van der Waals surface area contributed by atoms with Crippen molar-refractivity contribution in [1.29, 1.82) is 0 Å². The van der Waals surface area contributed by atoms with Crippen LogP contribution in [0.15, 0.2) is 42.5 Å². The molecular formula is C18H18ClFN2O2. The molecule has 2 aromatic carbocycles. The van der Waals surface area contributed by atoms with E-state index >= 15 is 0 Å². The van der Waals surface area contributed by atoms with Crippen molar-refractivity contribution in [1.82, 2.24) is 0 Å². The van der Waals surface area contributed by atoms with Crippen LogP contribution in [0, 0.1) is 5.82 Å². The predicted molar refractivity (Wildman–Crippen MR) is 93.8 cm³/mol. The topological polar surface area (TPSA) is 58.2 Å². The number of carbonyl (C=O) groups is 2. The summed E-state index contributed by atoms with van der Waals surface area (Å²) in [7, 11) is 0. The Bertz CT molecular complexity index is 773. The minimum Gasteiger partial charge on any atom is -0.325 e. The van der Waals surface area contributed by atoms with Crippen LogP contribution in [0.25, 0.3) is 0 Å². The van der Waals surface area contributed by atoms with E-state index in [1.54, 1.807) is 38.1 Å². The van der Waals surface area contributed by atoms with Crippen LogP contribution in [0.4, 0.5) is 15.8 Å². The lowest BCUT2D eigenvalue weighted by Crippen LogP contribution is -2.34. The van der Waals surface area contributed by atoms with Gasteiger partial charge in [0.1, 0.15) is 5.82 Å². The Morgan fingerprint density at radius 3 is 2.25 bits per heavy atom. The fourth-order valence-corrected chi connectivity index (χ4v) is 2.30. The number of nitrogens with one attached hydrogen (secondary N) is 2. The van der Waals surface area contributed by atoms with Crippen molar-refractivity contribution < 1.29 is 14.0 Å². The Balaban J connectivity index is 2.22. The van der Waals surface area contributed by atoms with Gasteiger partial charge in [-0.05, 0) is 49.7 Å². The number of carbonyl (C=O) groups excluding carboxylic acids is 2. The molecule has 0 saturated carbocycles. The summed E-state index contributed by atoms with van der Waals surface area (Å²) in [5, 5.41) is 5.72. The van der Waals surface area contributed by atoms with Gasteiger partial charge in [-0.25, -0.2) is 4.39 Å². The van der Waals surface area contributed by atoms with Gasteiger partial charge in [0.05, 0.1) is 11.1 Å². The van der Waals surface area contributed by atoms with Crippen LogP contribution in [-0.2, 0) is 15.0 Å². The average molecular weight is 349 g/mol. The Labute approximate surface area is 145 Å². The van der Waals surface area contributed by atoms with Gasteiger partial charge in [-0.15, -0.1) is 0 Å². The van der Waals surface area contributed by atoms with E-state index in [1.807, 2.05) is 0 Å². The molecule has 0 fully saturated rings. The molecule has 6 heteroatoms.